The standard InChI is InChI=1S/C12H20N4O2S/c1-8-3-2-4-9(5-8)6-16-11(13)14-15-12(16)19-7-10(17)18/h8-9H,2-7H2,1H3,(H2,13,14)(H,17,18). The van der Waals surface area contributed by atoms with E-state index in [4.69, 9.17) is 10.8 Å². The number of nitrogen functional groups attached to an aromatic ring is 1. The van der Waals surface area contributed by atoms with Crippen LogP contribution in [0.4, 0.5) is 5.95 Å². The monoisotopic (exact) mass is 284 g/mol. The molecule has 0 spiro atoms. The topological polar surface area (TPSA) is 94.0 Å². The average Bonchev–Trinajstić information content (AvgIpc) is 2.68. The van der Waals surface area contributed by atoms with Gasteiger partial charge in [-0.05, 0) is 24.7 Å². The van der Waals surface area contributed by atoms with Gasteiger partial charge in [-0.1, -0.05) is 31.5 Å². The number of thioether (sulfide) groups is 1. The summed E-state index contributed by atoms with van der Waals surface area (Å²) in [4.78, 5) is 10.6. The number of hydrogen-bond acceptors (Lipinski definition) is 5. The molecule has 2 unspecified atom stereocenters. The number of rotatable bonds is 5. The van der Waals surface area contributed by atoms with Gasteiger partial charge in [0.15, 0.2) is 5.16 Å². The molecule has 6 nitrogen and oxygen atoms in total. The second-order valence-corrected chi connectivity index (χ2v) is 6.21. The SMILES string of the molecule is CC1CCCC(Cn2c(N)nnc2SCC(=O)O)C1. The van der Waals surface area contributed by atoms with Crippen molar-refractivity contribution in [2.75, 3.05) is 11.5 Å². The smallest absolute Gasteiger partial charge is 0.313 e. The Morgan fingerprint density at radius 3 is 3.00 bits per heavy atom. The number of aliphatic carboxylic acids is 1. The van der Waals surface area contributed by atoms with E-state index in [0.29, 0.717) is 17.0 Å². The molecule has 19 heavy (non-hydrogen) atoms. The van der Waals surface area contributed by atoms with Gasteiger partial charge in [-0.2, -0.15) is 0 Å². The molecule has 3 N–H and O–H groups in total. The van der Waals surface area contributed by atoms with Crippen LogP contribution in [-0.2, 0) is 11.3 Å². The highest BCUT2D eigenvalue weighted by atomic mass is 32.2. The van der Waals surface area contributed by atoms with Crippen LogP contribution in [0.3, 0.4) is 0 Å². The summed E-state index contributed by atoms with van der Waals surface area (Å²) in [5.41, 5.74) is 5.83. The molecule has 1 aromatic rings. The molecule has 0 aliphatic heterocycles. The first-order valence-corrected chi connectivity index (χ1v) is 7.58. The number of carbonyl (C=O) groups is 1. The van der Waals surface area contributed by atoms with Crippen molar-refractivity contribution in [2.45, 2.75) is 44.3 Å². The van der Waals surface area contributed by atoms with Crippen LogP contribution in [0.2, 0.25) is 0 Å². The van der Waals surface area contributed by atoms with Crippen LogP contribution in [0.1, 0.15) is 32.6 Å². The van der Waals surface area contributed by atoms with Crippen molar-refractivity contribution in [3.05, 3.63) is 0 Å². The fourth-order valence-corrected chi connectivity index (χ4v) is 3.36. The second kappa shape index (κ2) is 6.27. The Morgan fingerprint density at radius 2 is 2.32 bits per heavy atom. The van der Waals surface area contributed by atoms with Crippen molar-refractivity contribution in [2.24, 2.45) is 11.8 Å². The minimum atomic E-state index is -0.857. The lowest BCUT2D eigenvalue weighted by Crippen LogP contribution is -2.20. The lowest BCUT2D eigenvalue weighted by molar-refractivity contribution is -0.133. The van der Waals surface area contributed by atoms with Crippen LogP contribution >= 0.6 is 11.8 Å². The van der Waals surface area contributed by atoms with Crippen molar-refractivity contribution in [3.63, 3.8) is 0 Å². The molecule has 0 bridgehead atoms. The summed E-state index contributed by atoms with van der Waals surface area (Å²) < 4.78 is 1.86. The number of nitrogens with two attached hydrogens (primary N) is 1. The third-order valence-electron chi connectivity index (χ3n) is 3.56. The third kappa shape index (κ3) is 3.86. The molecule has 0 radical (unpaired) electrons. The van der Waals surface area contributed by atoms with Crippen LogP contribution in [-0.4, -0.2) is 31.6 Å². The fourth-order valence-electron chi connectivity index (χ4n) is 2.69. The zero-order valence-electron chi connectivity index (χ0n) is 11.1. The van der Waals surface area contributed by atoms with Crippen molar-refractivity contribution >= 4 is 23.7 Å². The number of carboxylic acids is 1. The van der Waals surface area contributed by atoms with Gasteiger partial charge in [-0.15, -0.1) is 10.2 Å². The van der Waals surface area contributed by atoms with Crippen molar-refractivity contribution in [3.8, 4) is 0 Å². The first-order valence-electron chi connectivity index (χ1n) is 6.59. The molecule has 1 aliphatic rings. The van der Waals surface area contributed by atoms with Gasteiger partial charge >= 0.3 is 5.97 Å². The number of nitrogens with zero attached hydrogens (tertiary/aromatic N) is 3. The zero-order valence-corrected chi connectivity index (χ0v) is 11.9. The van der Waals surface area contributed by atoms with E-state index >= 15 is 0 Å². The maximum atomic E-state index is 10.6. The number of carboxylic acid groups (broad SMARTS) is 1. The van der Waals surface area contributed by atoms with E-state index in [9.17, 15) is 4.79 Å². The predicted molar refractivity (Wildman–Crippen MR) is 73.9 cm³/mol. The molecule has 7 heteroatoms. The summed E-state index contributed by atoms with van der Waals surface area (Å²) in [5, 5.41) is 17.1. The van der Waals surface area contributed by atoms with E-state index in [0.717, 1.165) is 12.5 Å². The molecular formula is C12H20N4O2S. The molecule has 2 atom stereocenters. The lowest BCUT2D eigenvalue weighted by Gasteiger charge is -2.27. The van der Waals surface area contributed by atoms with E-state index in [-0.39, 0.29) is 5.75 Å². The fraction of sp³-hybridized carbons (Fsp3) is 0.750. The number of aromatic nitrogens is 3. The quantitative estimate of drug-likeness (QED) is 0.802. The normalized spacial score (nSPS) is 23.4. The number of anilines is 1. The molecule has 0 aromatic carbocycles. The zero-order chi connectivity index (χ0) is 13.8. The van der Waals surface area contributed by atoms with Gasteiger partial charge in [0.05, 0.1) is 5.75 Å². The molecule has 1 aliphatic carbocycles. The summed E-state index contributed by atoms with van der Waals surface area (Å²) >= 11 is 1.18. The van der Waals surface area contributed by atoms with Gasteiger partial charge in [0.1, 0.15) is 0 Å². The second-order valence-electron chi connectivity index (χ2n) is 5.27. The molecule has 0 amide bonds. The Kier molecular flexibility index (Phi) is 4.68. The van der Waals surface area contributed by atoms with E-state index < -0.39 is 5.97 Å². The largest absolute Gasteiger partial charge is 0.481 e. The summed E-state index contributed by atoms with van der Waals surface area (Å²) in [5.74, 6) is 0.854. The molecule has 1 saturated carbocycles. The van der Waals surface area contributed by atoms with Crippen molar-refractivity contribution < 1.29 is 9.90 Å². The Bertz CT molecular complexity index is 449. The first-order chi connectivity index (χ1) is 9.06. The van der Waals surface area contributed by atoms with Crippen LogP contribution in [0.25, 0.3) is 0 Å². The van der Waals surface area contributed by atoms with E-state index in [2.05, 4.69) is 17.1 Å². The predicted octanol–water partition coefficient (Wildman–Crippen LogP) is 1.86. The Morgan fingerprint density at radius 1 is 1.53 bits per heavy atom. The lowest BCUT2D eigenvalue weighted by atomic mass is 9.82. The summed E-state index contributed by atoms with van der Waals surface area (Å²) in [6.45, 7) is 3.08. The molecule has 0 saturated heterocycles. The Balaban J connectivity index is 2.02. The van der Waals surface area contributed by atoms with Gasteiger partial charge < -0.3 is 10.8 Å². The molecule has 106 valence electrons. The first kappa shape index (κ1) is 14.2. The van der Waals surface area contributed by atoms with Crippen LogP contribution in [0.15, 0.2) is 5.16 Å². The molecule has 1 fully saturated rings. The molecule has 2 rings (SSSR count). The highest BCUT2D eigenvalue weighted by Gasteiger charge is 2.22. The average molecular weight is 284 g/mol. The maximum Gasteiger partial charge on any atom is 0.313 e. The van der Waals surface area contributed by atoms with E-state index in [1.54, 1.807) is 0 Å². The summed E-state index contributed by atoms with van der Waals surface area (Å²) in [7, 11) is 0. The van der Waals surface area contributed by atoms with Gasteiger partial charge in [0.25, 0.3) is 0 Å². The Hall–Kier alpha value is -1.24. The summed E-state index contributed by atoms with van der Waals surface area (Å²) in [6, 6.07) is 0. The van der Waals surface area contributed by atoms with Crippen molar-refractivity contribution in [1.82, 2.24) is 14.8 Å². The number of hydrogen-bond donors (Lipinski definition) is 2. The minimum absolute atomic E-state index is 0.0147. The van der Waals surface area contributed by atoms with Crippen LogP contribution in [0.5, 0.6) is 0 Å². The summed E-state index contributed by atoms with van der Waals surface area (Å²) in [6.07, 6.45) is 4.95. The van der Waals surface area contributed by atoms with Gasteiger partial charge in [0, 0.05) is 6.54 Å². The maximum absolute atomic E-state index is 10.6. The third-order valence-corrected chi connectivity index (χ3v) is 4.51. The molecular weight excluding hydrogens is 264 g/mol. The van der Waals surface area contributed by atoms with Crippen molar-refractivity contribution in [1.29, 1.82) is 0 Å². The highest BCUT2D eigenvalue weighted by Crippen LogP contribution is 2.31. The highest BCUT2D eigenvalue weighted by molar-refractivity contribution is 7.99. The van der Waals surface area contributed by atoms with Gasteiger partial charge in [-0.3, -0.25) is 9.36 Å². The molecule has 1 aromatic heterocycles. The van der Waals surface area contributed by atoms with E-state index in [1.165, 1.54) is 37.4 Å². The van der Waals surface area contributed by atoms with Gasteiger partial charge in [-0.25, -0.2) is 0 Å². The molecule has 1 heterocycles. The van der Waals surface area contributed by atoms with Crippen LogP contribution < -0.4 is 5.73 Å². The van der Waals surface area contributed by atoms with Crippen LogP contribution in [0, 0.1) is 11.8 Å². The Labute approximate surface area is 116 Å². The van der Waals surface area contributed by atoms with Gasteiger partial charge in [0.2, 0.25) is 5.95 Å². The minimum Gasteiger partial charge on any atom is -0.481 e. The van der Waals surface area contributed by atoms with E-state index in [1.807, 2.05) is 4.57 Å².